The van der Waals surface area contributed by atoms with E-state index in [2.05, 4.69) is 10.3 Å². The minimum Gasteiger partial charge on any atom is -0.497 e. The van der Waals surface area contributed by atoms with Gasteiger partial charge in [-0.3, -0.25) is 4.79 Å². The molecule has 2 aromatic heterocycles. The summed E-state index contributed by atoms with van der Waals surface area (Å²) in [5.41, 5.74) is 1.82. The third kappa shape index (κ3) is 4.37. The normalized spacial score (nSPS) is 10.4. The lowest BCUT2D eigenvalue weighted by molar-refractivity contribution is -0.140. The van der Waals surface area contributed by atoms with E-state index in [-0.39, 0.29) is 5.97 Å². The number of aromatic nitrogens is 2. The number of aryl methyl sites for hydroxylation is 1. The quantitative estimate of drug-likeness (QED) is 0.633. The van der Waals surface area contributed by atoms with Gasteiger partial charge < -0.3 is 14.8 Å². The van der Waals surface area contributed by atoms with E-state index >= 15 is 0 Å². The molecular formula is C19H19N3O3S. The van der Waals surface area contributed by atoms with Gasteiger partial charge in [0.2, 0.25) is 0 Å². The highest BCUT2D eigenvalue weighted by molar-refractivity contribution is 7.16. The van der Waals surface area contributed by atoms with Crippen molar-refractivity contribution in [2.24, 2.45) is 0 Å². The van der Waals surface area contributed by atoms with Crippen LogP contribution >= 0.6 is 11.3 Å². The Balaban J connectivity index is 1.89. The lowest BCUT2D eigenvalue weighted by atomic mass is 10.1. The summed E-state index contributed by atoms with van der Waals surface area (Å²) in [4.78, 5) is 21.5. The second-order valence-electron chi connectivity index (χ2n) is 5.44. The molecule has 2 heterocycles. The zero-order valence-electron chi connectivity index (χ0n) is 14.6. The van der Waals surface area contributed by atoms with Gasteiger partial charge in [0.1, 0.15) is 11.6 Å². The van der Waals surface area contributed by atoms with Gasteiger partial charge in [-0.05, 0) is 42.8 Å². The van der Waals surface area contributed by atoms with E-state index in [1.807, 2.05) is 42.5 Å². The molecule has 6 nitrogen and oxygen atoms in total. The molecule has 7 heteroatoms. The standard InChI is InChI=1S/C19H19N3O3S/c1-24-14-8-6-13(7-9-14)18-15(10-11-17(23)25-2)26-19(22-18)21-16-5-3-4-12-20-16/h3-9,12H,10-11H2,1-2H3,(H,20,21,22). The van der Waals surface area contributed by atoms with E-state index in [1.54, 1.807) is 13.3 Å². The van der Waals surface area contributed by atoms with E-state index in [9.17, 15) is 4.79 Å². The SMILES string of the molecule is COC(=O)CCc1sc(Nc2ccccn2)nc1-c1ccc(OC)cc1. The summed E-state index contributed by atoms with van der Waals surface area (Å²) in [6.45, 7) is 0. The maximum Gasteiger partial charge on any atom is 0.305 e. The predicted octanol–water partition coefficient (Wildman–Crippen LogP) is 4.06. The molecule has 26 heavy (non-hydrogen) atoms. The minimum absolute atomic E-state index is 0.238. The van der Waals surface area contributed by atoms with E-state index in [4.69, 9.17) is 14.5 Å². The number of nitrogens with one attached hydrogen (secondary N) is 1. The fourth-order valence-corrected chi connectivity index (χ4v) is 3.40. The molecule has 0 aliphatic heterocycles. The molecule has 0 saturated heterocycles. The molecular weight excluding hydrogens is 350 g/mol. The van der Waals surface area contributed by atoms with Crippen molar-refractivity contribution in [3.63, 3.8) is 0 Å². The summed E-state index contributed by atoms with van der Waals surface area (Å²) in [5.74, 6) is 1.27. The van der Waals surface area contributed by atoms with Crippen molar-refractivity contribution in [2.75, 3.05) is 19.5 Å². The number of nitrogens with zero attached hydrogens (tertiary/aromatic N) is 2. The first-order chi connectivity index (χ1) is 12.7. The van der Waals surface area contributed by atoms with Crippen LogP contribution in [-0.4, -0.2) is 30.2 Å². The van der Waals surface area contributed by atoms with Crippen LogP contribution in [0.1, 0.15) is 11.3 Å². The third-order valence-corrected chi connectivity index (χ3v) is 4.78. The maximum absolute atomic E-state index is 11.5. The fraction of sp³-hybridized carbons (Fsp3) is 0.211. The molecule has 0 aliphatic rings. The summed E-state index contributed by atoms with van der Waals surface area (Å²) in [6, 6.07) is 13.3. The minimum atomic E-state index is -0.238. The van der Waals surface area contributed by atoms with Gasteiger partial charge in [-0.1, -0.05) is 6.07 Å². The summed E-state index contributed by atoms with van der Waals surface area (Å²) in [7, 11) is 3.03. The van der Waals surface area contributed by atoms with Crippen molar-refractivity contribution in [3.8, 4) is 17.0 Å². The molecule has 134 valence electrons. The van der Waals surface area contributed by atoms with Crippen LogP contribution in [-0.2, 0) is 16.0 Å². The number of ether oxygens (including phenoxy) is 2. The lowest BCUT2D eigenvalue weighted by Gasteiger charge is -2.04. The molecule has 3 rings (SSSR count). The summed E-state index contributed by atoms with van der Waals surface area (Å²) >= 11 is 1.51. The highest BCUT2D eigenvalue weighted by Gasteiger charge is 2.15. The molecule has 0 spiro atoms. The third-order valence-electron chi connectivity index (χ3n) is 3.74. The van der Waals surface area contributed by atoms with Crippen molar-refractivity contribution < 1.29 is 14.3 Å². The van der Waals surface area contributed by atoms with Gasteiger partial charge in [0, 0.05) is 16.6 Å². The van der Waals surface area contributed by atoms with Gasteiger partial charge >= 0.3 is 5.97 Å². The Morgan fingerprint density at radius 2 is 1.96 bits per heavy atom. The molecule has 0 unspecified atom stereocenters. The van der Waals surface area contributed by atoms with Crippen molar-refractivity contribution in [1.82, 2.24) is 9.97 Å². The molecule has 0 radical (unpaired) electrons. The van der Waals surface area contributed by atoms with Gasteiger partial charge in [0.25, 0.3) is 0 Å². The first-order valence-electron chi connectivity index (χ1n) is 8.08. The van der Waals surface area contributed by atoms with Crippen molar-refractivity contribution >= 4 is 28.3 Å². The van der Waals surface area contributed by atoms with Gasteiger partial charge in [-0.2, -0.15) is 0 Å². The van der Waals surface area contributed by atoms with Gasteiger partial charge in [-0.25, -0.2) is 9.97 Å². The predicted molar refractivity (Wildman–Crippen MR) is 102 cm³/mol. The molecule has 0 bridgehead atoms. The molecule has 0 fully saturated rings. The smallest absolute Gasteiger partial charge is 0.305 e. The number of pyridine rings is 1. The van der Waals surface area contributed by atoms with Crippen LogP contribution < -0.4 is 10.1 Å². The van der Waals surface area contributed by atoms with Crippen LogP contribution in [0.2, 0.25) is 0 Å². The number of methoxy groups -OCH3 is 2. The number of rotatable bonds is 7. The Labute approximate surface area is 155 Å². The summed E-state index contributed by atoms with van der Waals surface area (Å²) in [5, 5.41) is 3.94. The van der Waals surface area contributed by atoms with Crippen LogP contribution in [0.4, 0.5) is 10.9 Å². The van der Waals surface area contributed by atoms with Crippen molar-refractivity contribution in [2.45, 2.75) is 12.8 Å². The summed E-state index contributed by atoms with van der Waals surface area (Å²) < 4.78 is 9.97. The zero-order chi connectivity index (χ0) is 18.4. The number of carbonyl (C=O) groups is 1. The fourth-order valence-electron chi connectivity index (χ4n) is 2.41. The molecule has 0 saturated carbocycles. The van der Waals surface area contributed by atoms with Crippen LogP contribution in [0, 0.1) is 0 Å². The number of benzene rings is 1. The zero-order valence-corrected chi connectivity index (χ0v) is 15.4. The Morgan fingerprint density at radius 1 is 1.15 bits per heavy atom. The first-order valence-corrected chi connectivity index (χ1v) is 8.90. The van der Waals surface area contributed by atoms with Crippen molar-refractivity contribution in [1.29, 1.82) is 0 Å². The van der Waals surface area contributed by atoms with Crippen molar-refractivity contribution in [3.05, 3.63) is 53.5 Å². The Kier molecular flexibility index (Phi) is 5.80. The topological polar surface area (TPSA) is 73.3 Å². The second-order valence-corrected chi connectivity index (χ2v) is 6.52. The summed E-state index contributed by atoms with van der Waals surface area (Å²) in [6.07, 6.45) is 2.60. The number of hydrogen-bond acceptors (Lipinski definition) is 7. The highest BCUT2D eigenvalue weighted by atomic mass is 32.1. The second kappa shape index (κ2) is 8.44. The Morgan fingerprint density at radius 3 is 2.62 bits per heavy atom. The number of hydrogen-bond donors (Lipinski definition) is 1. The van der Waals surface area contributed by atoms with Crippen LogP contribution in [0.5, 0.6) is 5.75 Å². The average Bonchev–Trinajstić information content (AvgIpc) is 3.09. The Hall–Kier alpha value is -2.93. The average molecular weight is 369 g/mol. The van der Waals surface area contributed by atoms with Gasteiger partial charge in [-0.15, -0.1) is 11.3 Å². The maximum atomic E-state index is 11.5. The van der Waals surface area contributed by atoms with Crippen LogP contribution in [0.3, 0.4) is 0 Å². The van der Waals surface area contributed by atoms with E-state index in [1.165, 1.54) is 18.4 Å². The van der Waals surface area contributed by atoms with E-state index < -0.39 is 0 Å². The lowest BCUT2D eigenvalue weighted by Crippen LogP contribution is -2.01. The number of thiazole rings is 1. The first kappa shape index (κ1) is 17.9. The Bertz CT molecular complexity index is 863. The largest absolute Gasteiger partial charge is 0.497 e. The van der Waals surface area contributed by atoms with E-state index in [0.717, 1.165) is 32.8 Å². The van der Waals surface area contributed by atoms with Gasteiger partial charge in [0.05, 0.1) is 26.3 Å². The molecule has 0 aliphatic carbocycles. The molecule has 0 amide bonds. The highest BCUT2D eigenvalue weighted by Crippen LogP contribution is 2.34. The van der Waals surface area contributed by atoms with Crippen LogP contribution in [0.15, 0.2) is 48.7 Å². The van der Waals surface area contributed by atoms with Gasteiger partial charge in [0.15, 0.2) is 5.13 Å². The number of esters is 1. The number of anilines is 2. The molecule has 1 N–H and O–H groups in total. The monoisotopic (exact) mass is 369 g/mol. The molecule has 0 atom stereocenters. The molecule has 1 aromatic carbocycles. The number of carbonyl (C=O) groups excluding carboxylic acids is 1. The molecule has 3 aromatic rings. The van der Waals surface area contributed by atoms with Crippen LogP contribution in [0.25, 0.3) is 11.3 Å². The van der Waals surface area contributed by atoms with E-state index in [0.29, 0.717) is 12.8 Å².